The Kier molecular flexibility index (Phi) is 4.97. The fourth-order valence-electron chi connectivity index (χ4n) is 3.69. The van der Waals surface area contributed by atoms with Gasteiger partial charge in [0, 0.05) is 23.7 Å². The molecule has 1 unspecified atom stereocenters. The Morgan fingerprint density at radius 3 is 2.61 bits per heavy atom. The summed E-state index contributed by atoms with van der Waals surface area (Å²) in [6.07, 6.45) is 4.98. The first-order valence-corrected chi connectivity index (χ1v) is 9.19. The first-order valence-electron chi connectivity index (χ1n) is 9.19. The molecule has 3 aromatic rings. The fourth-order valence-corrected chi connectivity index (χ4v) is 3.69. The summed E-state index contributed by atoms with van der Waals surface area (Å²) in [6, 6.07) is 13.2. The van der Waals surface area contributed by atoms with Crippen molar-refractivity contribution >= 4 is 5.91 Å². The van der Waals surface area contributed by atoms with Crippen LogP contribution in [-0.4, -0.2) is 46.3 Å². The van der Waals surface area contributed by atoms with Gasteiger partial charge in [-0.25, -0.2) is 9.67 Å². The maximum absolute atomic E-state index is 13.2. The molecule has 2 aromatic carbocycles. The number of nitrogens with zero attached hydrogens (tertiary/aromatic N) is 4. The second kappa shape index (κ2) is 7.72. The van der Waals surface area contributed by atoms with Crippen LogP contribution in [0.3, 0.4) is 0 Å². The van der Waals surface area contributed by atoms with E-state index < -0.39 is 0 Å². The molecule has 0 spiro atoms. The SMILES string of the molecule is COc1ccc(C2CCCN2C(=O)c2ccc(-n3cncn3)cc2)c(OC)c1. The molecule has 2 heterocycles. The largest absolute Gasteiger partial charge is 0.497 e. The van der Waals surface area contributed by atoms with E-state index in [1.165, 1.54) is 6.33 Å². The van der Waals surface area contributed by atoms with Crippen LogP contribution in [0, 0.1) is 0 Å². The minimum atomic E-state index is -0.0108. The lowest BCUT2D eigenvalue weighted by atomic mass is 10.0. The van der Waals surface area contributed by atoms with Crippen LogP contribution in [0.1, 0.15) is 34.8 Å². The molecule has 1 aliphatic heterocycles. The number of methoxy groups -OCH3 is 2. The average molecular weight is 378 g/mol. The highest BCUT2D eigenvalue weighted by Crippen LogP contribution is 2.39. The van der Waals surface area contributed by atoms with Gasteiger partial charge in [0.15, 0.2) is 0 Å². The Morgan fingerprint density at radius 1 is 1.11 bits per heavy atom. The highest BCUT2D eigenvalue weighted by Gasteiger charge is 2.32. The third-order valence-corrected chi connectivity index (χ3v) is 5.11. The van der Waals surface area contributed by atoms with Crippen molar-refractivity contribution in [2.45, 2.75) is 18.9 Å². The van der Waals surface area contributed by atoms with Gasteiger partial charge < -0.3 is 14.4 Å². The van der Waals surface area contributed by atoms with Gasteiger partial charge in [-0.3, -0.25) is 4.79 Å². The molecule has 0 N–H and O–H groups in total. The lowest BCUT2D eigenvalue weighted by Gasteiger charge is -2.26. The van der Waals surface area contributed by atoms with Gasteiger partial charge in [0.1, 0.15) is 24.2 Å². The fraction of sp³-hybridized carbons (Fsp3) is 0.286. The van der Waals surface area contributed by atoms with Crippen LogP contribution in [0.4, 0.5) is 0 Å². The maximum atomic E-state index is 13.2. The molecule has 1 aromatic heterocycles. The van der Waals surface area contributed by atoms with Crippen molar-refractivity contribution in [3.63, 3.8) is 0 Å². The molecule has 144 valence electrons. The van der Waals surface area contributed by atoms with Crippen LogP contribution < -0.4 is 9.47 Å². The number of hydrogen-bond acceptors (Lipinski definition) is 5. The van der Waals surface area contributed by atoms with E-state index >= 15 is 0 Å². The Morgan fingerprint density at radius 2 is 1.93 bits per heavy atom. The summed E-state index contributed by atoms with van der Waals surface area (Å²) in [5, 5.41) is 4.11. The van der Waals surface area contributed by atoms with Crippen molar-refractivity contribution in [1.29, 1.82) is 0 Å². The van der Waals surface area contributed by atoms with Gasteiger partial charge in [0.25, 0.3) is 5.91 Å². The molecule has 1 aliphatic rings. The smallest absolute Gasteiger partial charge is 0.254 e. The van der Waals surface area contributed by atoms with Gasteiger partial charge in [0.05, 0.1) is 25.9 Å². The van der Waals surface area contributed by atoms with Gasteiger partial charge in [-0.2, -0.15) is 5.10 Å². The summed E-state index contributed by atoms with van der Waals surface area (Å²) >= 11 is 0. The Balaban J connectivity index is 1.59. The summed E-state index contributed by atoms with van der Waals surface area (Å²) < 4.78 is 12.5. The summed E-state index contributed by atoms with van der Waals surface area (Å²) in [4.78, 5) is 19.0. The topological polar surface area (TPSA) is 69.5 Å². The second-order valence-corrected chi connectivity index (χ2v) is 6.65. The van der Waals surface area contributed by atoms with E-state index in [0.29, 0.717) is 5.56 Å². The van der Waals surface area contributed by atoms with Gasteiger partial charge in [-0.05, 0) is 49.2 Å². The molecule has 0 bridgehead atoms. The van der Waals surface area contributed by atoms with Crippen LogP contribution in [0.15, 0.2) is 55.1 Å². The molecule has 1 amide bonds. The molecule has 4 rings (SSSR count). The number of carbonyl (C=O) groups excluding carboxylic acids is 1. The number of aromatic nitrogens is 3. The Labute approximate surface area is 163 Å². The molecule has 28 heavy (non-hydrogen) atoms. The molecule has 7 heteroatoms. The van der Waals surface area contributed by atoms with Crippen LogP contribution in [0.2, 0.25) is 0 Å². The first kappa shape index (κ1) is 18.0. The van der Waals surface area contributed by atoms with E-state index in [1.54, 1.807) is 25.2 Å². The van der Waals surface area contributed by atoms with Crippen molar-refractivity contribution in [3.05, 3.63) is 66.2 Å². The number of ether oxygens (including phenoxy) is 2. The number of carbonyl (C=O) groups is 1. The van der Waals surface area contributed by atoms with Crippen molar-refractivity contribution in [3.8, 4) is 17.2 Å². The minimum absolute atomic E-state index is 0.0108. The number of hydrogen-bond donors (Lipinski definition) is 0. The van der Waals surface area contributed by atoms with E-state index in [9.17, 15) is 4.79 Å². The van der Waals surface area contributed by atoms with Crippen LogP contribution in [0.5, 0.6) is 11.5 Å². The normalized spacial score (nSPS) is 16.2. The average Bonchev–Trinajstić information content (AvgIpc) is 3.45. The number of benzene rings is 2. The van der Waals surface area contributed by atoms with E-state index in [0.717, 1.165) is 42.1 Å². The molecule has 0 saturated carbocycles. The Hall–Kier alpha value is -3.35. The quantitative estimate of drug-likeness (QED) is 0.682. The van der Waals surface area contributed by atoms with Crippen LogP contribution in [0.25, 0.3) is 5.69 Å². The monoisotopic (exact) mass is 378 g/mol. The zero-order chi connectivity index (χ0) is 19.5. The zero-order valence-corrected chi connectivity index (χ0v) is 15.9. The van der Waals surface area contributed by atoms with Crippen molar-refractivity contribution < 1.29 is 14.3 Å². The molecular weight excluding hydrogens is 356 g/mol. The zero-order valence-electron chi connectivity index (χ0n) is 15.9. The van der Waals surface area contributed by atoms with Gasteiger partial charge in [-0.1, -0.05) is 0 Å². The van der Waals surface area contributed by atoms with Gasteiger partial charge in [0.2, 0.25) is 0 Å². The highest BCUT2D eigenvalue weighted by atomic mass is 16.5. The summed E-state index contributed by atoms with van der Waals surface area (Å²) in [5.41, 5.74) is 2.53. The lowest BCUT2D eigenvalue weighted by molar-refractivity contribution is 0.0734. The third kappa shape index (κ3) is 3.31. The Bertz CT molecular complexity index is 954. The summed E-state index contributed by atoms with van der Waals surface area (Å²) in [7, 11) is 3.27. The molecule has 0 aliphatic carbocycles. The molecule has 0 radical (unpaired) electrons. The van der Waals surface area contributed by atoms with Crippen molar-refractivity contribution in [1.82, 2.24) is 19.7 Å². The molecule has 1 saturated heterocycles. The molecule has 1 atom stereocenters. The molecule has 1 fully saturated rings. The summed E-state index contributed by atoms with van der Waals surface area (Å²) in [6.45, 7) is 0.726. The van der Waals surface area contributed by atoms with Crippen LogP contribution >= 0.6 is 0 Å². The van der Waals surface area contributed by atoms with Crippen LogP contribution in [-0.2, 0) is 0 Å². The highest BCUT2D eigenvalue weighted by molar-refractivity contribution is 5.95. The van der Waals surface area contributed by atoms with E-state index in [-0.39, 0.29) is 11.9 Å². The standard InChI is InChI=1S/C21H22N4O3/c1-27-17-9-10-18(20(12-17)28-2)19-4-3-11-24(19)21(26)15-5-7-16(8-6-15)25-14-22-13-23-25/h5-10,12-14,19H,3-4,11H2,1-2H3. The predicted molar refractivity (Wildman–Crippen MR) is 104 cm³/mol. The van der Waals surface area contributed by atoms with Crippen molar-refractivity contribution in [2.75, 3.05) is 20.8 Å². The first-order chi connectivity index (χ1) is 13.7. The van der Waals surface area contributed by atoms with Crippen molar-refractivity contribution in [2.24, 2.45) is 0 Å². The number of likely N-dealkylation sites (tertiary alicyclic amines) is 1. The lowest BCUT2D eigenvalue weighted by Crippen LogP contribution is -2.30. The maximum Gasteiger partial charge on any atom is 0.254 e. The molecular formula is C21H22N4O3. The number of rotatable bonds is 5. The second-order valence-electron chi connectivity index (χ2n) is 6.65. The van der Waals surface area contributed by atoms with E-state index in [4.69, 9.17) is 9.47 Å². The minimum Gasteiger partial charge on any atom is -0.497 e. The van der Waals surface area contributed by atoms with E-state index in [1.807, 2.05) is 47.4 Å². The van der Waals surface area contributed by atoms with Gasteiger partial charge in [-0.15, -0.1) is 0 Å². The predicted octanol–water partition coefficient (Wildman–Crippen LogP) is 3.26. The number of amides is 1. The molecule has 7 nitrogen and oxygen atoms in total. The van der Waals surface area contributed by atoms with E-state index in [2.05, 4.69) is 10.1 Å². The summed E-state index contributed by atoms with van der Waals surface area (Å²) in [5.74, 6) is 1.50. The third-order valence-electron chi connectivity index (χ3n) is 5.11. The van der Waals surface area contributed by atoms with Gasteiger partial charge >= 0.3 is 0 Å².